The Morgan fingerprint density at radius 1 is 1.32 bits per heavy atom. The van der Waals surface area contributed by atoms with Gasteiger partial charge in [-0.1, -0.05) is 0 Å². The number of rotatable bonds is 6. The van der Waals surface area contributed by atoms with Crippen LogP contribution in [0.5, 0.6) is 5.75 Å². The highest BCUT2D eigenvalue weighted by Crippen LogP contribution is 2.29. The van der Waals surface area contributed by atoms with E-state index in [2.05, 4.69) is 21.2 Å². The predicted octanol–water partition coefficient (Wildman–Crippen LogP) is 3.14. The van der Waals surface area contributed by atoms with Crippen LogP contribution >= 0.6 is 15.9 Å². The highest BCUT2D eigenvalue weighted by molar-refractivity contribution is 9.10. The number of amides is 1. The van der Waals surface area contributed by atoms with E-state index in [-0.39, 0.29) is 22.9 Å². The van der Waals surface area contributed by atoms with Crippen molar-refractivity contribution in [3.63, 3.8) is 0 Å². The summed E-state index contributed by atoms with van der Waals surface area (Å²) in [4.78, 5) is 34.3. The predicted molar refractivity (Wildman–Crippen MR) is 89.6 cm³/mol. The van der Waals surface area contributed by atoms with Crippen molar-refractivity contribution in [2.45, 2.75) is 13.0 Å². The van der Waals surface area contributed by atoms with Gasteiger partial charge in [0, 0.05) is 12.1 Å². The van der Waals surface area contributed by atoms with E-state index in [1.54, 1.807) is 0 Å². The van der Waals surface area contributed by atoms with E-state index >= 15 is 0 Å². The van der Waals surface area contributed by atoms with E-state index in [0.717, 1.165) is 6.07 Å². The van der Waals surface area contributed by atoms with Gasteiger partial charge in [-0.2, -0.15) is 0 Å². The molecule has 1 aromatic heterocycles. The van der Waals surface area contributed by atoms with Gasteiger partial charge in [0.05, 0.1) is 17.7 Å². The summed E-state index contributed by atoms with van der Waals surface area (Å²) >= 11 is 3.05. The molecular formula is C15H13BrN2O7. The summed E-state index contributed by atoms with van der Waals surface area (Å²) in [6, 6.07) is 6.64. The van der Waals surface area contributed by atoms with E-state index in [1.807, 2.05) is 0 Å². The SMILES string of the molecule is COc1ccc([N+](=O)[O-])cc1NC(=O)[C@H](C)OC(=O)c1ccc(Br)o1. The van der Waals surface area contributed by atoms with Crippen molar-refractivity contribution >= 4 is 39.2 Å². The summed E-state index contributed by atoms with van der Waals surface area (Å²) in [5.41, 5.74) is -0.133. The molecule has 0 unspecified atom stereocenters. The molecule has 1 aromatic carbocycles. The molecule has 0 aliphatic heterocycles. The highest BCUT2D eigenvalue weighted by atomic mass is 79.9. The topological polar surface area (TPSA) is 121 Å². The van der Waals surface area contributed by atoms with Crippen LogP contribution in [0, 0.1) is 10.1 Å². The second kappa shape index (κ2) is 7.79. The molecule has 0 aliphatic rings. The van der Waals surface area contributed by atoms with Crippen molar-refractivity contribution < 1.29 is 28.4 Å². The van der Waals surface area contributed by atoms with Gasteiger partial charge in [-0.3, -0.25) is 14.9 Å². The van der Waals surface area contributed by atoms with Crippen LogP contribution in [0.1, 0.15) is 17.5 Å². The van der Waals surface area contributed by atoms with Gasteiger partial charge in [0.15, 0.2) is 10.8 Å². The number of carbonyl (C=O) groups is 2. The Kier molecular flexibility index (Phi) is 5.75. The third-order valence-corrected chi connectivity index (χ3v) is 3.51. The maximum Gasteiger partial charge on any atom is 0.375 e. The largest absolute Gasteiger partial charge is 0.495 e. The number of nitrogens with zero attached hydrogens (tertiary/aromatic N) is 1. The summed E-state index contributed by atoms with van der Waals surface area (Å²) in [5, 5.41) is 13.3. The average Bonchev–Trinajstić information content (AvgIpc) is 3.01. The minimum atomic E-state index is -1.17. The standard InChI is InChI=1S/C15H13BrN2O7/c1-8(24-15(20)12-5-6-13(16)25-12)14(19)17-10-7-9(18(21)22)3-4-11(10)23-2/h3-8H,1-2H3,(H,17,19)/t8-/m0/s1. The molecule has 1 heterocycles. The maximum absolute atomic E-state index is 12.2. The number of anilines is 1. The van der Waals surface area contributed by atoms with Crippen LogP contribution < -0.4 is 10.1 Å². The third-order valence-electron chi connectivity index (χ3n) is 3.08. The van der Waals surface area contributed by atoms with E-state index in [4.69, 9.17) is 13.9 Å². The summed E-state index contributed by atoms with van der Waals surface area (Å²) in [6.07, 6.45) is -1.17. The van der Waals surface area contributed by atoms with Crippen molar-refractivity contribution in [3.8, 4) is 5.75 Å². The van der Waals surface area contributed by atoms with Gasteiger partial charge in [0.1, 0.15) is 5.75 Å². The smallest absolute Gasteiger partial charge is 0.375 e. The molecule has 0 aliphatic carbocycles. The van der Waals surface area contributed by atoms with Gasteiger partial charge in [-0.15, -0.1) is 0 Å². The monoisotopic (exact) mass is 412 g/mol. The lowest BCUT2D eigenvalue weighted by molar-refractivity contribution is -0.384. The van der Waals surface area contributed by atoms with E-state index in [1.165, 1.54) is 38.3 Å². The Morgan fingerprint density at radius 3 is 2.60 bits per heavy atom. The number of carbonyl (C=O) groups excluding carboxylic acids is 2. The molecule has 0 radical (unpaired) electrons. The molecule has 1 atom stereocenters. The van der Waals surface area contributed by atoms with E-state index < -0.39 is 22.9 Å². The molecule has 9 nitrogen and oxygen atoms in total. The number of benzene rings is 1. The number of ether oxygens (including phenoxy) is 2. The molecule has 132 valence electrons. The van der Waals surface area contributed by atoms with Crippen LogP contribution in [-0.2, 0) is 9.53 Å². The molecule has 0 bridgehead atoms. The zero-order valence-corrected chi connectivity index (χ0v) is 14.7. The average molecular weight is 413 g/mol. The number of nitro benzene ring substituents is 1. The van der Waals surface area contributed by atoms with Crippen LogP contribution in [0.3, 0.4) is 0 Å². The molecule has 0 saturated heterocycles. The van der Waals surface area contributed by atoms with Gasteiger partial charge in [-0.25, -0.2) is 4.79 Å². The molecular weight excluding hydrogens is 400 g/mol. The number of nitrogens with one attached hydrogen (secondary N) is 1. The molecule has 25 heavy (non-hydrogen) atoms. The van der Waals surface area contributed by atoms with Crippen molar-refractivity contribution in [2.24, 2.45) is 0 Å². The molecule has 1 amide bonds. The van der Waals surface area contributed by atoms with Crippen molar-refractivity contribution in [1.29, 1.82) is 0 Å². The maximum atomic E-state index is 12.2. The molecule has 0 spiro atoms. The second-order valence-corrected chi connectivity index (χ2v) is 5.56. The lowest BCUT2D eigenvalue weighted by Gasteiger charge is -2.14. The number of halogens is 1. The van der Waals surface area contributed by atoms with Crippen molar-refractivity contribution in [3.05, 3.63) is 50.9 Å². The fourth-order valence-electron chi connectivity index (χ4n) is 1.84. The van der Waals surface area contributed by atoms with E-state index in [9.17, 15) is 19.7 Å². The number of non-ortho nitro benzene ring substituents is 1. The number of hydrogen-bond acceptors (Lipinski definition) is 7. The lowest BCUT2D eigenvalue weighted by atomic mass is 10.2. The van der Waals surface area contributed by atoms with Gasteiger partial charge in [0.2, 0.25) is 5.76 Å². The number of methoxy groups -OCH3 is 1. The quantitative estimate of drug-likeness (QED) is 0.439. The van der Waals surface area contributed by atoms with Crippen molar-refractivity contribution in [1.82, 2.24) is 0 Å². The summed E-state index contributed by atoms with van der Waals surface area (Å²) < 4.78 is 15.4. The molecule has 0 saturated carbocycles. The highest BCUT2D eigenvalue weighted by Gasteiger charge is 2.23. The molecule has 2 rings (SSSR count). The number of esters is 1. The first kappa shape index (κ1) is 18.5. The summed E-state index contributed by atoms with van der Waals surface area (Å²) in [6.45, 7) is 1.36. The Morgan fingerprint density at radius 2 is 2.04 bits per heavy atom. The molecule has 0 fully saturated rings. The third kappa shape index (κ3) is 4.57. The zero-order valence-electron chi connectivity index (χ0n) is 13.1. The van der Waals surface area contributed by atoms with Crippen LogP contribution in [0.4, 0.5) is 11.4 Å². The van der Waals surface area contributed by atoms with Gasteiger partial charge >= 0.3 is 5.97 Å². The molecule has 2 aromatic rings. The minimum absolute atomic E-state index is 0.0699. The number of furan rings is 1. The van der Waals surface area contributed by atoms with Gasteiger partial charge < -0.3 is 19.2 Å². The van der Waals surface area contributed by atoms with Gasteiger partial charge in [-0.05, 0) is 41.1 Å². The normalized spacial score (nSPS) is 11.5. The lowest BCUT2D eigenvalue weighted by Crippen LogP contribution is -2.30. The van der Waals surface area contributed by atoms with Crippen LogP contribution in [0.15, 0.2) is 39.4 Å². The van der Waals surface area contributed by atoms with E-state index in [0.29, 0.717) is 4.67 Å². The second-order valence-electron chi connectivity index (χ2n) is 4.78. The summed E-state index contributed by atoms with van der Waals surface area (Å²) in [7, 11) is 1.36. The Bertz CT molecular complexity index is 818. The minimum Gasteiger partial charge on any atom is -0.495 e. The first-order chi connectivity index (χ1) is 11.8. The molecule has 10 heteroatoms. The van der Waals surface area contributed by atoms with Crippen LogP contribution in [0.2, 0.25) is 0 Å². The number of hydrogen-bond donors (Lipinski definition) is 1. The van der Waals surface area contributed by atoms with Crippen molar-refractivity contribution in [2.75, 3.05) is 12.4 Å². The van der Waals surface area contributed by atoms with Gasteiger partial charge in [0.25, 0.3) is 11.6 Å². The summed E-state index contributed by atoms with van der Waals surface area (Å²) in [5.74, 6) is -1.34. The number of nitro groups is 1. The zero-order chi connectivity index (χ0) is 18.6. The fraction of sp³-hybridized carbons (Fsp3) is 0.200. The first-order valence-electron chi connectivity index (χ1n) is 6.91. The first-order valence-corrected chi connectivity index (χ1v) is 7.70. The fourth-order valence-corrected chi connectivity index (χ4v) is 2.14. The van der Waals surface area contributed by atoms with Crippen LogP contribution in [0.25, 0.3) is 0 Å². The molecule has 1 N–H and O–H groups in total. The van der Waals surface area contributed by atoms with Crippen LogP contribution in [-0.4, -0.2) is 30.0 Å². The Balaban J connectivity index is 2.09. The Labute approximate surface area is 150 Å². The Hall–Kier alpha value is -2.88.